The van der Waals surface area contributed by atoms with E-state index in [9.17, 15) is 13.2 Å². The maximum absolute atomic E-state index is 12.5. The number of nitrogens with zero attached hydrogens (tertiary/aromatic N) is 3. The second-order valence-corrected chi connectivity index (χ2v) is 9.72. The third-order valence-electron chi connectivity index (χ3n) is 4.82. The molecule has 1 saturated heterocycles. The molecule has 0 spiro atoms. The van der Waals surface area contributed by atoms with Gasteiger partial charge in [-0.3, -0.25) is 4.79 Å². The number of amides is 1. The van der Waals surface area contributed by atoms with Crippen LogP contribution >= 0.6 is 11.3 Å². The zero-order valence-corrected chi connectivity index (χ0v) is 17.8. The number of benzene rings is 2. The summed E-state index contributed by atoms with van der Waals surface area (Å²) in [6.07, 6.45) is 4.82. The first-order valence-electron chi connectivity index (χ1n) is 9.57. The topological polar surface area (TPSA) is 70.6 Å². The van der Waals surface area contributed by atoms with E-state index in [4.69, 9.17) is 0 Å². The van der Waals surface area contributed by atoms with Crippen LogP contribution in [0.25, 0.3) is 22.4 Å². The number of aromatic nitrogens is 1. The Kier molecular flexibility index (Phi) is 6.08. The minimum Gasteiger partial charge on any atom is -0.337 e. The number of hydrogen-bond acceptors (Lipinski definition) is 5. The van der Waals surface area contributed by atoms with Gasteiger partial charge < -0.3 is 4.90 Å². The van der Waals surface area contributed by atoms with E-state index in [0.717, 1.165) is 20.8 Å². The van der Waals surface area contributed by atoms with Crippen molar-refractivity contribution in [3.63, 3.8) is 0 Å². The molecular weight excluding hydrogens is 418 g/mol. The lowest BCUT2D eigenvalue weighted by atomic mass is 10.2. The van der Waals surface area contributed by atoms with E-state index >= 15 is 0 Å². The number of carbonyl (C=O) groups is 1. The molecule has 30 heavy (non-hydrogen) atoms. The Morgan fingerprint density at radius 3 is 2.37 bits per heavy atom. The molecule has 3 aromatic rings. The molecule has 1 aromatic heterocycles. The Bertz CT molecular complexity index is 1160. The van der Waals surface area contributed by atoms with E-state index in [1.807, 2.05) is 54.6 Å². The highest BCUT2D eigenvalue weighted by atomic mass is 32.2. The monoisotopic (exact) mass is 439 g/mol. The van der Waals surface area contributed by atoms with Gasteiger partial charge in [-0.2, -0.15) is 4.31 Å². The molecule has 8 heteroatoms. The lowest BCUT2D eigenvalue weighted by Crippen LogP contribution is -2.49. The Hall–Kier alpha value is -2.81. The van der Waals surface area contributed by atoms with E-state index in [0.29, 0.717) is 13.1 Å². The van der Waals surface area contributed by atoms with Gasteiger partial charge in [0.15, 0.2) is 0 Å². The van der Waals surface area contributed by atoms with Gasteiger partial charge in [0.25, 0.3) is 0 Å². The van der Waals surface area contributed by atoms with Crippen LogP contribution in [0.4, 0.5) is 0 Å². The van der Waals surface area contributed by atoms with Crippen LogP contribution < -0.4 is 0 Å². The predicted molar refractivity (Wildman–Crippen MR) is 121 cm³/mol. The van der Waals surface area contributed by atoms with Crippen molar-refractivity contribution in [1.82, 2.24) is 14.2 Å². The number of para-hydroxylation sites is 1. The SMILES string of the molecule is O=C(/C=C/c1nc2ccccc2s1)N1CCN(S(=O)(=O)/C=C/c2ccccc2)CC1. The molecular formula is C22H21N3O3S2. The molecule has 1 aliphatic heterocycles. The first kappa shape index (κ1) is 20.5. The van der Waals surface area contributed by atoms with Crippen LogP contribution in [0.1, 0.15) is 10.6 Å². The highest BCUT2D eigenvalue weighted by molar-refractivity contribution is 7.92. The van der Waals surface area contributed by atoms with Crippen LogP contribution in [0.5, 0.6) is 0 Å². The van der Waals surface area contributed by atoms with Gasteiger partial charge in [-0.05, 0) is 29.8 Å². The fraction of sp³-hybridized carbons (Fsp3) is 0.182. The molecule has 0 atom stereocenters. The summed E-state index contributed by atoms with van der Waals surface area (Å²) in [5.41, 5.74) is 1.74. The number of hydrogen-bond donors (Lipinski definition) is 0. The van der Waals surface area contributed by atoms with Gasteiger partial charge in [0.2, 0.25) is 15.9 Å². The normalized spacial score (nSPS) is 16.1. The highest BCUT2D eigenvalue weighted by Crippen LogP contribution is 2.22. The number of sulfonamides is 1. The van der Waals surface area contributed by atoms with Gasteiger partial charge in [-0.1, -0.05) is 42.5 Å². The maximum atomic E-state index is 12.5. The zero-order valence-electron chi connectivity index (χ0n) is 16.2. The average molecular weight is 440 g/mol. The average Bonchev–Trinajstić information content (AvgIpc) is 3.20. The first-order chi connectivity index (χ1) is 14.5. The molecule has 2 heterocycles. The summed E-state index contributed by atoms with van der Waals surface area (Å²) in [6, 6.07) is 17.1. The lowest BCUT2D eigenvalue weighted by Gasteiger charge is -2.32. The molecule has 0 bridgehead atoms. The van der Waals surface area contributed by atoms with Gasteiger partial charge in [0, 0.05) is 37.7 Å². The van der Waals surface area contributed by atoms with Crippen molar-refractivity contribution in [2.75, 3.05) is 26.2 Å². The standard InChI is InChI=1S/C22H21N3O3S2/c26-22(11-10-21-23-19-8-4-5-9-20(19)29-21)24-13-15-25(16-14-24)30(27,28)17-12-18-6-2-1-3-7-18/h1-12,17H,13-16H2/b11-10+,17-12+. The van der Waals surface area contributed by atoms with Crippen molar-refractivity contribution in [3.05, 3.63) is 76.7 Å². The van der Waals surface area contributed by atoms with Crippen molar-refractivity contribution < 1.29 is 13.2 Å². The minimum absolute atomic E-state index is 0.133. The van der Waals surface area contributed by atoms with Gasteiger partial charge in [-0.25, -0.2) is 13.4 Å². The fourth-order valence-electron chi connectivity index (χ4n) is 3.19. The van der Waals surface area contributed by atoms with Gasteiger partial charge in [0.05, 0.1) is 10.2 Å². The third kappa shape index (κ3) is 4.84. The number of fused-ring (bicyclic) bond motifs is 1. The Labute approximate surface area is 179 Å². The number of thiazole rings is 1. The minimum atomic E-state index is -3.51. The third-order valence-corrected chi connectivity index (χ3v) is 7.39. The summed E-state index contributed by atoms with van der Waals surface area (Å²) in [4.78, 5) is 18.6. The van der Waals surface area contributed by atoms with Crippen molar-refractivity contribution in [3.8, 4) is 0 Å². The van der Waals surface area contributed by atoms with E-state index in [1.165, 1.54) is 27.1 Å². The van der Waals surface area contributed by atoms with Crippen LogP contribution in [0.3, 0.4) is 0 Å². The van der Waals surface area contributed by atoms with Crippen LogP contribution in [0.2, 0.25) is 0 Å². The molecule has 1 amide bonds. The maximum Gasteiger partial charge on any atom is 0.246 e. The quantitative estimate of drug-likeness (QED) is 0.571. The van der Waals surface area contributed by atoms with E-state index < -0.39 is 10.0 Å². The van der Waals surface area contributed by atoms with Crippen LogP contribution in [-0.4, -0.2) is 54.7 Å². The predicted octanol–water partition coefficient (Wildman–Crippen LogP) is 3.45. The molecule has 1 aliphatic rings. The molecule has 0 N–H and O–H groups in total. The Morgan fingerprint density at radius 2 is 1.63 bits per heavy atom. The molecule has 0 saturated carbocycles. The second-order valence-electron chi connectivity index (χ2n) is 6.84. The molecule has 2 aromatic carbocycles. The molecule has 6 nitrogen and oxygen atoms in total. The molecule has 0 aliphatic carbocycles. The van der Waals surface area contributed by atoms with E-state index in [2.05, 4.69) is 4.98 Å². The van der Waals surface area contributed by atoms with Crippen molar-refractivity contribution in [1.29, 1.82) is 0 Å². The summed E-state index contributed by atoms with van der Waals surface area (Å²) >= 11 is 1.53. The Balaban J connectivity index is 1.34. The summed E-state index contributed by atoms with van der Waals surface area (Å²) in [5, 5.41) is 2.00. The summed E-state index contributed by atoms with van der Waals surface area (Å²) in [5.74, 6) is -0.133. The number of rotatable bonds is 5. The Morgan fingerprint density at radius 1 is 0.933 bits per heavy atom. The molecule has 0 unspecified atom stereocenters. The van der Waals surface area contributed by atoms with Crippen molar-refractivity contribution >= 4 is 49.6 Å². The van der Waals surface area contributed by atoms with E-state index in [1.54, 1.807) is 17.1 Å². The van der Waals surface area contributed by atoms with Crippen LogP contribution in [0, 0.1) is 0 Å². The molecule has 154 valence electrons. The summed E-state index contributed by atoms with van der Waals surface area (Å²) < 4.78 is 27.6. The van der Waals surface area contributed by atoms with Gasteiger partial charge in [0.1, 0.15) is 5.01 Å². The molecule has 0 radical (unpaired) electrons. The van der Waals surface area contributed by atoms with Gasteiger partial charge >= 0.3 is 0 Å². The van der Waals surface area contributed by atoms with Crippen LogP contribution in [0.15, 0.2) is 66.1 Å². The summed E-state index contributed by atoms with van der Waals surface area (Å²) in [7, 11) is -3.51. The fourth-order valence-corrected chi connectivity index (χ4v) is 5.23. The summed E-state index contributed by atoms with van der Waals surface area (Å²) in [6.45, 7) is 1.28. The number of piperazine rings is 1. The lowest BCUT2D eigenvalue weighted by molar-refractivity contribution is -0.127. The van der Waals surface area contributed by atoms with Crippen molar-refractivity contribution in [2.24, 2.45) is 0 Å². The van der Waals surface area contributed by atoms with E-state index in [-0.39, 0.29) is 19.0 Å². The largest absolute Gasteiger partial charge is 0.337 e. The highest BCUT2D eigenvalue weighted by Gasteiger charge is 2.26. The molecule has 4 rings (SSSR count). The molecule has 1 fully saturated rings. The first-order valence-corrected chi connectivity index (χ1v) is 11.9. The van der Waals surface area contributed by atoms with Crippen LogP contribution in [-0.2, 0) is 14.8 Å². The second kappa shape index (κ2) is 8.91. The zero-order chi connectivity index (χ0) is 21.0. The number of carbonyl (C=O) groups excluding carboxylic acids is 1. The smallest absolute Gasteiger partial charge is 0.246 e. The van der Waals surface area contributed by atoms with Gasteiger partial charge in [-0.15, -0.1) is 11.3 Å². The van der Waals surface area contributed by atoms with Crippen molar-refractivity contribution in [2.45, 2.75) is 0 Å².